The maximum atomic E-state index is 11.0. The number of hydrogen-bond donors (Lipinski definition) is 1. The summed E-state index contributed by atoms with van der Waals surface area (Å²) in [6, 6.07) is 6.00. The van der Waals surface area contributed by atoms with E-state index in [2.05, 4.69) is 15.1 Å². The van der Waals surface area contributed by atoms with E-state index < -0.39 is 11.6 Å². The Labute approximate surface area is 146 Å². The summed E-state index contributed by atoms with van der Waals surface area (Å²) in [4.78, 5) is 10.8. The quantitative estimate of drug-likeness (QED) is 0.780. The summed E-state index contributed by atoms with van der Waals surface area (Å²) in [5, 5.41) is 15.2. The van der Waals surface area contributed by atoms with Crippen LogP contribution in [0.25, 0.3) is 11.3 Å². The number of aromatic nitrogens is 4. The number of fused-ring (bicyclic) bond motifs is 1. The van der Waals surface area contributed by atoms with Crippen LogP contribution < -0.4 is 4.90 Å². The van der Waals surface area contributed by atoms with Crippen molar-refractivity contribution in [1.82, 2.24) is 19.7 Å². The first-order valence-electron chi connectivity index (χ1n) is 8.27. The van der Waals surface area contributed by atoms with E-state index in [1.165, 1.54) is 0 Å². The third-order valence-electron chi connectivity index (χ3n) is 4.89. The van der Waals surface area contributed by atoms with Crippen molar-refractivity contribution in [2.24, 2.45) is 7.05 Å². The van der Waals surface area contributed by atoms with E-state index in [4.69, 9.17) is 0 Å². The van der Waals surface area contributed by atoms with E-state index in [0.717, 1.165) is 33.9 Å². The van der Waals surface area contributed by atoms with Gasteiger partial charge in [0.2, 0.25) is 0 Å². The number of anilines is 2. The number of hydrogen-bond acceptors (Lipinski definition) is 5. The van der Waals surface area contributed by atoms with Crippen molar-refractivity contribution >= 4 is 11.4 Å². The maximum absolute atomic E-state index is 11.0. The number of aliphatic hydroxyl groups is 1. The van der Waals surface area contributed by atoms with E-state index in [1.807, 2.05) is 63.3 Å². The second-order valence-corrected chi connectivity index (χ2v) is 7.11. The molecule has 0 spiro atoms. The fourth-order valence-electron chi connectivity index (χ4n) is 3.41. The number of pyridine rings is 2. The summed E-state index contributed by atoms with van der Waals surface area (Å²) >= 11 is 0. The smallest absolute Gasteiger partial charge is 0.140 e. The second kappa shape index (κ2) is 5.39. The minimum absolute atomic E-state index is 0.426. The van der Waals surface area contributed by atoms with Crippen LogP contribution in [0.15, 0.2) is 43.0 Å². The Morgan fingerprint density at radius 2 is 1.96 bits per heavy atom. The highest BCUT2D eigenvalue weighted by molar-refractivity contribution is 5.76. The molecule has 0 saturated carbocycles. The normalized spacial score (nSPS) is 18.4. The highest BCUT2D eigenvalue weighted by atomic mass is 16.3. The van der Waals surface area contributed by atoms with Gasteiger partial charge in [0.25, 0.3) is 0 Å². The lowest BCUT2D eigenvalue weighted by Crippen LogP contribution is -2.38. The molecule has 1 atom stereocenters. The molecule has 6 nitrogen and oxygen atoms in total. The lowest BCUT2D eigenvalue weighted by atomic mass is 9.86. The van der Waals surface area contributed by atoms with Gasteiger partial charge in [-0.2, -0.15) is 5.10 Å². The van der Waals surface area contributed by atoms with Crippen LogP contribution in [0.5, 0.6) is 0 Å². The Hall–Kier alpha value is -2.73. The number of nitrogens with zero attached hydrogens (tertiary/aromatic N) is 5. The Morgan fingerprint density at radius 1 is 1.16 bits per heavy atom. The molecule has 0 fully saturated rings. The zero-order chi connectivity index (χ0) is 17.8. The predicted octanol–water partition coefficient (Wildman–Crippen LogP) is 2.93. The average Bonchev–Trinajstić information content (AvgIpc) is 3.08. The summed E-state index contributed by atoms with van der Waals surface area (Å²) in [6.07, 6.45) is 6.66. The van der Waals surface area contributed by atoms with Crippen LogP contribution in [0.4, 0.5) is 11.4 Å². The van der Waals surface area contributed by atoms with Crippen LogP contribution >= 0.6 is 0 Å². The van der Waals surface area contributed by atoms with Gasteiger partial charge >= 0.3 is 0 Å². The number of rotatable bonds is 2. The topological polar surface area (TPSA) is 67.1 Å². The highest BCUT2D eigenvalue weighted by Crippen LogP contribution is 2.48. The summed E-state index contributed by atoms with van der Waals surface area (Å²) in [5.74, 6) is 0. The van der Waals surface area contributed by atoms with Gasteiger partial charge in [-0.15, -0.1) is 0 Å². The summed E-state index contributed by atoms with van der Waals surface area (Å²) in [6.45, 7) is 6.03. The molecule has 0 bridgehead atoms. The molecule has 128 valence electrons. The first-order valence-corrected chi connectivity index (χ1v) is 8.27. The number of aryl methyl sites for hydroxylation is 2. The molecule has 4 heterocycles. The van der Waals surface area contributed by atoms with E-state index in [0.29, 0.717) is 0 Å². The van der Waals surface area contributed by atoms with Crippen molar-refractivity contribution in [3.8, 4) is 11.3 Å². The van der Waals surface area contributed by atoms with E-state index in [9.17, 15) is 5.11 Å². The zero-order valence-electron chi connectivity index (χ0n) is 14.8. The minimum atomic E-state index is -0.678. The van der Waals surface area contributed by atoms with Crippen molar-refractivity contribution in [2.45, 2.75) is 32.4 Å². The first kappa shape index (κ1) is 15.8. The molecular formula is C19H21N5O. The Bertz CT molecular complexity index is 946. The van der Waals surface area contributed by atoms with Gasteiger partial charge in [0, 0.05) is 47.9 Å². The van der Waals surface area contributed by atoms with Crippen molar-refractivity contribution in [2.75, 3.05) is 4.90 Å². The zero-order valence-corrected chi connectivity index (χ0v) is 14.8. The van der Waals surface area contributed by atoms with Gasteiger partial charge in [0.05, 0.1) is 23.3 Å². The molecule has 1 unspecified atom stereocenters. The molecule has 6 heteroatoms. The van der Waals surface area contributed by atoms with Crippen LogP contribution in [0.1, 0.15) is 25.1 Å². The minimum Gasteiger partial charge on any atom is -0.372 e. The second-order valence-electron chi connectivity index (χ2n) is 7.11. The number of aliphatic hydroxyl groups excluding tert-OH is 1. The van der Waals surface area contributed by atoms with Crippen molar-refractivity contribution in [3.05, 3.63) is 54.2 Å². The summed E-state index contributed by atoms with van der Waals surface area (Å²) < 4.78 is 1.74. The molecule has 1 N–H and O–H groups in total. The lowest BCUT2D eigenvalue weighted by Gasteiger charge is -2.28. The van der Waals surface area contributed by atoms with Crippen molar-refractivity contribution in [3.63, 3.8) is 0 Å². The molecule has 3 aromatic heterocycles. The first-order chi connectivity index (χ1) is 11.9. The molecule has 1 aliphatic rings. The molecule has 25 heavy (non-hydrogen) atoms. The predicted molar refractivity (Wildman–Crippen MR) is 96.6 cm³/mol. The fourth-order valence-corrected chi connectivity index (χ4v) is 3.41. The third kappa shape index (κ3) is 2.41. The molecule has 4 rings (SSSR count). The fraction of sp³-hybridized carbons (Fsp3) is 0.316. The van der Waals surface area contributed by atoms with E-state index in [-0.39, 0.29) is 0 Å². The van der Waals surface area contributed by atoms with E-state index in [1.54, 1.807) is 17.1 Å². The van der Waals surface area contributed by atoms with E-state index >= 15 is 0 Å². The molecule has 0 saturated heterocycles. The highest BCUT2D eigenvalue weighted by Gasteiger charge is 2.45. The third-order valence-corrected chi connectivity index (χ3v) is 4.89. The van der Waals surface area contributed by atoms with Crippen molar-refractivity contribution < 1.29 is 5.11 Å². The molecular weight excluding hydrogens is 314 g/mol. The van der Waals surface area contributed by atoms with Crippen LogP contribution in [0.3, 0.4) is 0 Å². The standard InChI is InChI=1S/C19H21N5O/c1-12-7-13(5-6-20-12)16-8-17-15(10-21-16)19(2,3)18(25)24(17)14-9-22-23(4)11-14/h5-11,18,25H,1-4H3. The Kier molecular flexibility index (Phi) is 3.40. The SMILES string of the molecule is Cc1cc(-c2cc3c(cn2)C(C)(C)C(O)N3c2cnn(C)c2)ccn1. The molecule has 3 aromatic rings. The van der Waals surface area contributed by atoms with Gasteiger partial charge < -0.3 is 10.0 Å². The van der Waals surface area contributed by atoms with Crippen LogP contribution in [0, 0.1) is 6.92 Å². The molecule has 0 radical (unpaired) electrons. The Morgan fingerprint density at radius 3 is 2.64 bits per heavy atom. The van der Waals surface area contributed by atoms with Crippen molar-refractivity contribution in [1.29, 1.82) is 0 Å². The largest absolute Gasteiger partial charge is 0.372 e. The van der Waals surface area contributed by atoms with Crippen LogP contribution in [-0.2, 0) is 12.5 Å². The molecule has 0 aliphatic carbocycles. The van der Waals surface area contributed by atoms with Gasteiger partial charge in [-0.3, -0.25) is 14.6 Å². The summed E-state index contributed by atoms with van der Waals surface area (Å²) in [5.41, 5.74) is 5.26. The van der Waals surface area contributed by atoms with Crippen LogP contribution in [-0.4, -0.2) is 31.1 Å². The van der Waals surface area contributed by atoms with Gasteiger partial charge in [-0.05, 0) is 25.1 Å². The average molecular weight is 335 g/mol. The van der Waals surface area contributed by atoms with Crippen LogP contribution in [0.2, 0.25) is 0 Å². The lowest BCUT2D eigenvalue weighted by molar-refractivity contribution is 0.119. The monoisotopic (exact) mass is 335 g/mol. The molecule has 0 aromatic carbocycles. The Balaban J connectivity index is 1.88. The van der Waals surface area contributed by atoms with Gasteiger partial charge in [0.1, 0.15) is 6.23 Å². The van der Waals surface area contributed by atoms with Gasteiger partial charge in [0.15, 0.2) is 0 Å². The van der Waals surface area contributed by atoms with Gasteiger partial charge in [-0.25, -0.2) is 0 Å². The maximum Gasteiger partial charge on any atom is 0.140 e. The molecule has 0 amide bonds. The molecule has 1 aliphatic heterocycles. The summed E-state index contributed by atoms with van der Waals surface area (Å²) in [7, 11) is 1.87. The van der Waals surface area contributed by atoms with Gasteiger partial charge in [-0.1, -0.05) is 13.8 Å².